The molecular formula is C42H33N5S3. The van der Waals surface area contributed by atoms with E-state index in [1.807, 2.05) is 23.9 Å². The molecule has 0 atom stereocenters. The van der Waals surface area contributed by atoms with Gasteiger partial charge in [0.05, 0.1) is 34.8 Å². The van der Waals surface area contributed by atoms with Gasteiger partial charge in [0.1, 0.15) is 22.1 Å². The van der Waals surface area contributed by atoms with E-state index in [0.29, 0.717) is 0 Å². The lowest BCUT2D eigenvalue weighted by Gasteiger charge is -2.33. The van der Waals surface area contributed by atoms with E-state index in [1.165, 1.54) is 63.9 Å². The zero-order chi connectivity index (χ0) is 33.4. The third kappa shape index (κ3) is 5.57. The van der Waals surface area contributed by atoms with Gasteiger partial charge in [-0.2, -0.15) is 17.5 Å². The van der Waals surface area contributed by atoms with Crippen molar-refractivity contribution in [3.63, 3.8) is 0 Å². The Labute approximate surface area is 304 Å². The first-order valence-electron chi connectivity index (χ1n) is 17.1. The topological polar surface area (TPSA) is 54.8 Å². The van der Waals surface area contributed by atoms with Crippen molar-refractivity contribution >= 4 is 68.7 Å². The Morgan fingerprint density at radius 1 is 0.460 bits per heavy atom. The number of unbranched alkanes of at least 4 members (excludes halogenated alkanes) is 3. The highest BCUT2D eigenvalue weighted by molar-refractivity contribution is 7.99. The minimum Gasteiger partial charge on any atom is -0.340 e. The fourth-order valence-corrected chi connectivity index (χ4v) is 9.38. The van der Waals surface area contributed by atoms with Crippen LogP contribution in [0.15, 0.2) is 131 Å². The summed E-state index contributed by atoms with van der Waals surface area (Å²) < 4.78 is 19.1. The summed E-state index contributed by atoms with van der Waals surface area (Å²) in [7, 11) is 0. The number of anilines is 2. The Balaban J connectivity index is 1.11. The van der Waals surface area contributed by atoms with Crippen molar-refractivity contribution < 1.29 is 0 Å². The third-order valence-corrected chi connectivity index (χ3v) is 11.7. The molecule has 2 aromatic heterocycles. The molecule has 0 unspecified atom stereocenters. The van der Waals surface area contributed by atoms with Crippen molar-refractivity contribution in [1.29, 1.82) is 0 Å². The zero-order valence-electron chi connectivity index (χ0n) is 27.5. The average Bonchev–Trinajstić information content (AvgIpc) is 3.87. The summed E-state index contributed by atoms with van der Waals surface area (Å²) in [5.74, 6) is 0. The van der Waals surface area contributed by atoms with Gasteiger partial charge < -0.3 is 4.90 Å². The lowest BCUT2D eigenvalue weighted by molar-refractivity contribution is 0.666. The van der Waals surface area contributed by atoms with Crippen LogP contribution in [-0.4, -0.2) is 24.0 Å². The molecule has 244 valence electrons. The van der Waals surface area contributed by atoms with E-state index in [1.54, 1.807) is 0 Å². The van der Waals surface area contributed by atoms with Crippen molar-refractivity contribution in [3.05, 3.63) is 121 Å². The summed E-state index contributed by atoms with van der Waals surface area (Å²) in [5, 5.41) is 0. The van der Waals surface area contributed by atoms with Crippen molar-refractivity contribution in [2.24, 2.45) is 0 Å². The fourth-order valence-electron chi connectivity index (χ4n) is 7.06. The summed E-state index contributed by atoms with van der Waals surface area (Å²) in [5.41, 5.74) is 15.4. The molecule has 0 bridgehead atoms. The molecule has 8 heteroatoms. The van der Waals surface area contributed by atoms with Gasteiger partial charge in [0.15, 0.2) is 0 Å². The molecule has 1 aliphatic heterocycles. The second kappa shape index (κ2) is 13.4. The van der Waals surface area contributed by atoms with Crippen molar-refractivity contribution in [2.75, 3.05) is 11.4 Å². The highest BCUT2D eigenvalue weighted by atomic mass is 32.2. The van der Waals surface area contributed by atoms with Gasteiger partial charge in [-0.15, -0.1) is 0 Å². The highest BCUT2D eigenvalue weighted by Gasteiger charge is 2.26. The first-order valence-corrected chi connectivity index (χ1v) is 19.4. The van der Waals surface area contributed by atoms with Crippen molar-refractivity contribution in [2.45, 2.75) is 42.4 Å². The van der Waals surface area contributed by atoms with Crippen LogP contribution in [0, 0.1) is 0 Å². The summed E-state index contributed by atoms with van der Waals surface area (Å²) in [6, 6.07) is 43.6. The average molecular weight is 704 g/mol. The number of hydrogen-bond acceptors (Lipinski definition) is 8. The molecular weight excluding hydrogens is 671 g/mol. The largest absolute Gasteiger partial charge is 0.340 e. The lowest BCUT2D eigenvalue weighted by atomic mass is 9.97. The Bertz CT molecular complexity index is 2300. The molecule has 0 radical (unpaired) electrons. The van der Waals surface area contributed by atoms with Crippen LogP contribution in [-0.2, 0) is 0 Å². The van der Waals surface area contributed by atoms with Crippen molar-refractivity contribution in [1.82, 2.24) is 17.5 Å². The second-order valence-corrected chi connectivity index (χ2v) is 14.8. The smallest absolute Gasteiger partial charge is 0.113 e. The minimum atomic E-state index is 0.955. The third-order valence-electron chi connectivity index (χ3n) is 9.58. The molecule has 0 saturated carbocycles. The molecule has 9 rings (SSSR count). The summed E-state index contributed by atoms with van der Waals surface area (Å²) in [6.07, 6.45) is 4.86. The Hall–Kier alpha value is -4.89. The Morgan fingerprint density at radius 3 is 1.34 bits per heavy atom. The van der Waals surface area contributed by atoms with Crippen LogP contribution in [0.1, 0.15) is 32.6 Å². The first kappa shape index (κ1) is 31.1. The van der Waals surface area contributed by atoms with Gasteiger partial charge in [0.25, 0.3) is 0 Å². The standard InChI is InChI=1S/C42H33N5S3/c1-2-3-4-11-24-47-35-22-16-29(33-20-18-31(27-12-7-5-8-13-27)39-41(33)45-49-43-39)25-37(35)48-38-26-30(17-23-36(38)47)34-21-19-32(28-14-9-6-10-15-28)40-42(34)46-50-44-40/h5-10,12-23,25-26H,2-4,11,24H2,1H3. The maximum absolute atomic E-state index is 4.80. The lowest BCUT2D eigenvalue weighted by Crippen LogP contribution is -2.22. The maximum atomic E-state index is 4.80. The zero-order valence-corrected chi connectivity index (χ0v) is 30.0. The first-order chi connectivity index (χ1) is 24.8. The highest BCUT2D eigenvalue weighted by Crippen LogP contribution is 2.51. The van der Waals surface area contributed by atoms with Gasteiger partial charge in [0.2, 0.25) is 0 Å². The van der Waals surface area contributed by atoms with E-state index >= 15 is 0 Å². The van der Waals surface area contributed by atoms with E-state index in [-0.39, 0.29) is 0 Å². The number of hydrogen-bond donors (Lipinski definition) is 0. The van der Waals surface area contributed by atoms with E-state index in [4.69, 9.17) is 17.5 Å². The van der Waals surface area contributed by atoms with Gasteiger partial charge >= 0.3 is 0 Å². The van der Waals surface area contributed by atoms with Crippen LogP contribution in [0.25, 0.3) is 66.6 Å². The molecule has 50 heavy (non-hydrogen) atoms. The Morgan fingerprint density at radius 2 is 0.900 bits per heavy atom. The van der Waals surface area contributed by atoms with E-state index in [9.17, 15) is 0 Å². The summed E-state index contributed by atoms with van der Waals surface area (Å²) in [6.45, 7) is 3.25. The fraction of sp³-hybridized carbons (Fsp3) is 0.143. The van der Waals surface area contributed by atoms with Crippen LogP contribution in [0.4, 0.5) is 11.4 Å². The maximum Gasteiger partial charge on any atom is 0.113 e. The van der Waals surface area contributed by atoms with Crippen LogP contribution in [0.5, 0.6) is 0 Å². The molecule has 0 spiro atoms. The molecule has 0 fully saturated rings. The van der Waals surface area contributed by atoms with Crippen molar-refractivity contribution in [3.8, 4) is 44.5 Å². The van der Waals surface area contributed by atoms with Crippen LogP contribution in [0.3, 0.4) is 0 Å². The van der Waals surface area contributed by atoms with E-state index in [0.717, 1.165) is 79.5 Å². The summed E-state index contributed by atoms with van der Waals surface area (Å²) >= 11 is 4.42. The second-order valence-electron chi connectivity index (χ2n) is 12.7. The van der Waals surface area contributed by atoms with Crippen LogP contribution in [0.2, 0.25) is 0 Å². The minimum absolute atomic E-state index is 0.955. The molecule has 6 aromatic carbocycles. The normalized spacial score (nSPS) is 12.4. The molecule has 5 nitrogen and oxygen atoms in total. The monoisotopic (exact) mass is 703 g/mol. The molecule has 0 saturated heterocycles. The number of fused-ring (bicyclic) bond motifs is 4. The van der Waals surface area contributed by atoms with Gasteiger partial charge in [0, 0.05) is 38.6 Å². The van der Waals surface area contributed by atoms with E-state index in [2.05, 4.69) is 121 Å². The van der Waals surface area contributed by atoms with Crippen LogP contribution >= 0.6 is 35.2 Å². The number of benzene rings is 6. The number of nitrogens with zero attached hydrogens (tertiary/aromatic N) is 5. The Kier molecular flexibility index (Phi) is 8.36. The van der Waals surface area contributed by atoms with Gasteiger partial charge in [-0.25, -0.2) is 0 Å². The molecule has 3 heterocycles. The SMILES string of the molecule is CCCCCCN1c2ccc(-c3ccc(-c4ccccc4)c4nsnc34)cc2Sc2cc(-c3ccc(-c4ccccc4)c4nsnc34)ccc21. The van der Waals surface area contributed by atoms with E-state index < -0.39 is 0 Å². The molecule has 1 aliphatic rings. The summed E-state index contributed by atoms with van der Waals surface area (Å²) in [4.78, 5) is 5.04. The predicted octanol–water partition coefficient (Wildman–Crippen LogP) is 12.5. The quantitative estimate of drug-likeness (QED) is 0.140. The van der Waals surface area contributed by atoms with Gasteiger partial charge in [-0.1, -0.05) is 135 Å². The van der Waals surface area contributed by atoms with Gasteiger partial charge in [-0.3, -0.25) is 0 Å². The van der Waals surface area contributed by atoms with Crippen LogP contribution < -0.4 is 4.90 Å². The molecule has 8 aromatic rings. The molecule has 0 amide bonds. The number of aromatic nitrogens is 4. The number of rotatable bonds is 9. The van der Waals surface area contributed by atoms with Gasteiger partial charge in [-0.05, 0) is 52.9 Å². The molecule has 0 N–H and O–H groups in total. The predicted molar refractivity (Wildman–Crippen MR) is 212 cm³/mol. The molecule has 0 aliphatic carbocycles.